The van der Waals surface area contributed by atoms with Gasteiger partial charge in [-0.05, 0) is 28.4 Å². The van der Waals surface area contributed by atoms with Crippen LogP contribution in [0.3, 0.4) is 0 Å². The molecule has 3 rings (SSSR count). The molecule has 0 spiro atoms. The largest absolute Gasteiger partial charge is 0.491 e. The number of anilines is 1. The molecule has 2 amide bonds. The predicted molar refractivity (Wildman–Crippen MR) is 133 cm³/mol. The minimum absolute atomic E-state index is 0.0168. The standard InChI is InChI=1S/C25H29F2N3O5Si/c1-30(25(33)20-13-22(31)29-35-20)23(17-7-5-16(6-8-17)14-34-15-21(26)27)24(32)28-18-9-11-19(12-10-18)36(2,3)4/h5-13,21,23H,14-15H2,1-4H3,(H,28,32)(H,29,31). The Hall–Kier alpha value is -3.57. The summed E-state index contributed by atoms with van der Waals surface area (Å²) in [6.07, 6.45) is -2.56. The van der Waals surface area contributed by atoms with Crippen molar-refractivity contribution in [1.82, 2.24) is 10.1 Å². The molecule has 3 aromatic rings. The Kier molecular flexibility index (Phi) is 8.59. The van der Waals surface area contributed by atoms with Gasteiger partial charge in [-0.3, -0.25) is 9.59 Å². The van der Waals surface area contributed by atoms with E-state index in [0.29, 0.717) is 16.8 Å². The second-order valence-electron chi connectivity index (χ2n) is 9.33. The number of hydrogen-bond acceptors (Lipinski definition) is 6. The summed E-state index contributed by atoms with van der Waals surface area (Å²) in [4.78, 5) is 27.6. The van der Waals surface area contributed by atoms with Crippen LogP contribution >= 0.6 is 0 Å². The average molecular weight is 518 g/mol. The Morgan fingerprint density at radius 1 is 1.11 bits per heavy atom. The molecule has 1 atom stereocenters. The van der Waals surface area contributed by atoms with Gasteiger partial charge >= 0.3 is 0 Å². The van der Waals surface area contributed by atoms with Gasteiger partial charge < -0.3 is 24.6 Å². The zero-order chi connectivity index (χ0) is 26.5. The number of carbonyl (C=O) groups excluding carboxylic acids is 2. The second-order valence-corrected chi connectivity index (χ2v) is 14.4. The molecule has 192 valence electrons. The van der Waals surface area contributed by atoms with E-state index in [9.17, 15) is 23.5 Å². The highest BCUT2D eigenvalue weighted by Crippen LogP contribution is 2.25. The van der Waals surface area contributed by atoms with Gasteiger partial charge in [-0.2, -0.15) is 0 Å². The highest BCUT2D eigenvalue weighted by atomic mass is 28.3. The Labute approximate surface area is 208 Å². The lowest BCUT2D eigenvalue weighted by atomic mass is 10.0. The fourth-order valence-electron chi connectivity index (χ4n) is 3.53. The highest BCUT2D eigenvalue weighted by Gasteiger charge is 2.31. The normalized spacial score (nSPS) is 12.4. The van der Waals surface area contributed by atoms with Crippen LogP contribution in [-0.2, 0) is 16.1 Å². The number of rotatable bonds is 10. The van der Waals surface area contributed by atoms with Gasteiger partial charge in [0, 0.05) is 12.7 Å². The number of aromatic nitrogens is 1. The topological polar surface area (TPSA) is 105 Å². The predicted octanol–water partition coefficient (Wildman–Crippen LogP) is 4.16. The number of carbonyl (C=O) groups is 2. The quantitative estimate of drug-likeness (QED) is 0.392. The number of halogens is 2. The van der Waals surface area contributed by atoms with Crippen LogP contribution in [0, 0.1) is 0 Å². The lowest BCUT2D eigenvalue weighted by Crippen LogP contribution is -2.39. The van der Waals surface area contributed by atoms with Crippen LogP contribution in [0.15, 0.2) is 59.1 Å². The van der Waals surface area contributed by atoms with Crippen LogP contribution in [0.2, 0.25) is 19.6 Å². The van der Waals surface area contributed by atoms with Crippen LogP contribution in [0.4, 0.5) is 14.5 Å². The van der Waals surface area contributed by atoms with Gasteiger partial charge in [-0.25, -0.2) is 8.78 Å². The van der Waals surface area contributed by atoms with Crippen molar-refractivity contribution in [3.05, 3.63) is 71.5 Å². The van der Waals surface area contributed by atoms with Crippen molar-refractivity contribution in [2.45, 2.75) is 38.7 Å². The molecule has 0 saturated heterocycles. The summed E-state index contributed by atoms with van der Waals surface area (Å²) < 4.78 is 34.5. The van der Waals surface area contributed by atoms with E-state index >= 15 is 0 Å². The molecule has 8 nitrogen and oxygen atoms in total. The summed E-state index contributed by atoms with van der Waals surface area (Å²) in [7, 11) is -0.0840. The van der Waals surface area contributed by atoms with E-state index in [1.165, 1.54) is 17.1 Å². The molecular weight excluding hydrogens is 488 g/mol. The molecule has 2 N–H and O–H groups in total. The maximum absolute atomic E-state index is 13.4. The zero-order valence-corrected chi connectivity index (χ0v) is 21.5. The Morgan fingerprint density at radius 2 is 1.75 bits per heavy atom. The first-order valence-electron chi connectivity index (χ1n) is 11.2. The fourth-order valence-corrected chi connectivity index (χ4v) is 4.70. The van der Waals surface area contributed by atoms with Gasteiger partial charge in [-0.1, -0.05) is 61.2 Å². The molecular formula is C25H29F2N3O5Si. The van der Waals surface area contributed by atoms with Crippen molar-refractivity contribution >= 4 is 30.8 Å². The van der Waals surface area contributed by atoms with Crippen LogP contribution < -0.4 is 10.5 Å². The Morgan fingerprint density at radius 3 is 2.28 bits per heavy atom. The maximum atomic E-state index is 13.4. The minimum atomic E-state index is -2.56. The summed E-state index contributed by atoms with van der Waals surface area (Å²) in [6.45, 7) is 5.98. The van der Waals surface area contributed by atoms with E-state index in [0.717, 1.165) is 6.07 Å². The van der Waals surface area contributed by atoms with E-state index in [1.807, 2.05) is 24.3 Å². The lowest BCUT2D eigenvalue weighted by Gasteiger charge is -2.27. The van der Waals surface area contributed by atoms with Gasteiger partial charge in [0.25, 0.3) is 24.1 Å². The molecule has 36 heavy (non-hydrogen) atoms. The van der Waals surface area contributed by atoms with Crippen LogP contribution in [0.25, 0.3) is 0 Å². The molecule has 0 aliphatic heterocycles. The lowest BCUT2D eigenvalue weighted by molar-refractivity contribution is -0.120. The zero-order valence-electron chi connectivity index (χ0n) is 20.5. The molecule has 11 heteroatoms. The molecule has 0 aliphatic rings. The van der Waals surface area contributed by atoms with Gasteiger partial charge in [-0.15, -0.1) is 0 Å². The number of hydrogen-bond donors (Lipinski definition) is 2. The third-order valence-corrected chi connectivity index (χ3v) is 7.56. The fraction of sp³-hybridized carbons (Fsp3) is 0.320. The van der Waals surface area contributed by atoms with E-state index in [1.54, 1.807) is 24.3 Å². The monoisotopic (exact) mass is 517 g/mol. The summed E-state index contributed by atoms with van der Waals surface area (Å²) >= 11 is 0. The van der Waals surface area contributed by atoms with Crippen molar-refractivity contribution in [3.63, 3.8) is 0 Å². The van der Waals surface area contributed by atoms with Gasteiger partial charge in [0.15, 0.2) is 0 Å². The first-order valence-corrected chi connectivity index (χ1v) is 14.7. The first kappa shape index (κ1) is 27.0. The van der Waals surface area contributed by atoms with Gasteiger partial charge in [0.1, 0.15) is 12.6 Å². The SMILES string of the molecule is CN(C(=O)c1cc(O)no1)C(C(=O)Nc1ccc([Si](C)(C)C)cc1)c1ccc(COCC(F)F)cc1. The Balaban J connectivity index is 1.85. The Bertz CT molecular complexity index is 1180. The molecule has 0 radical (unpaired) electrons. The van der Waals surface area contributed by atoms with Crippen molar-refractivity contribution in [2.24, 2.45) is 0 Å². The third kappa shape index (κ3) is 6.98. The summed E-state index contributed by atoms with van der Waals surface area (Å²) in [5.41, 5.74) is 1.68. The molecule has 1 heterocycles. The van der Waals surface area contributed by atoms with E-state index in [-0.39, 0.29) is 12.4 Å². The number of aromatic hydroxyl groups is 1. The molecule has 0 fully saturated rings. The van der Waals surface area contributed by atoms with Crippen molar-refractivity contribution in [1.29, 1.82) is 0 Å². The van der Waals surface area contributed by atoms with Gasteiger partial charge in [0.2, 0.25) is 5.76 Å². The average Bonchev–Trinajstić information content (AvgIpc) is 3.25. The number of amides is 2. The number of benzene rings is 2. The molecule has 0 saturated carbocycles. The number of nitrogens with one attached hydrogen (secondary N) is 1. The number of ether oxygens (including phenoxy) is 1. The summed E-state index contributed by atoms with van der Waals surface area (Å²) in [6, 6.07) is 14.1. The molecule has 1 aromatic heterocycles. The molecule has 1 unspecified atom stereocenters. The van der Waals surface area contributed by atoms with Crippen molar-refractivity contribution < 1.29 is 32.7 Å². The number of nitrogens with zero attached hydrogens (tertiary/aromatic N) is 2. The third-order valence-electron chi connectivity index (χ3n) is 5.49. The summed E-state index contributed by atoms with van der Waals surface area (Å²) in [5, 5.41) is 16.8. The smallest absolute Gasteiger partial charge is 0.293 e. The first-order chi connectivity index (χ1) is 17.0. The van der Waals surface area contributed by atoms with Gasteiger partial charge in [0.05, 0.1) is 20.7 Å². The molecule has 0 bridgehead atoms. The van der Waals surface area contributed by atoms with Crippen LogP contribution in [0.5, 0.6) is 5.88 Å². The molecule has 0 aliphatic carbocycles. The number of alkyl halides is 2. The highest BCUT2D eigenvalue weighted by molar-refractivity contribution is 6.88. The van der Waals surface area contributed by atoms with Crippen LogP contribution in [-0.4, -0.2) is 55.1 Å². The summed E-state index contributed by atoms with van der Waals surface area (Å²) in [5.74, 6) is -1.83. The van der Waals surface area contributed by atoms with Crippen molar-refractivity contribution in [3.8, 4) is 5.88 Å². The molecule has 2 aromatic carbocycles. The second kappa shape index (κ2) is 11.4. The van der Waals surface area contributed by atoms with E-state index in [4.69, 9.17) is 9.26 Å². The van der Waals surface area contributed by atoms with Crippen LogP contribution in [0.1, 0.15) is 27.7 Å². The van der Waals surface area contributed by atoms with Crippen molar-refractivity contribution in [2.75, 3.05) is 19.0 Å². The number of likely N-dealkylation sites (N-methyl/N-ethyl adjacent to an activating group) is 1. The maximum Gasteiger partial charge on any atom is 0.293 e. The van der Waals surface area contributed by atoms with E-state index < -0.39 is 44.8 Å². The van der Waals surface area contributed by atoms with E-state index in [2.05, 4.69) is 30.1 Å². The minimum Gasteiger partial charge on any atom is -0.491 e.